The highest BCUT2D eigenvalue weighted by molar-refractivity contribution is 7.92. The van der Waals surface area contributed by atoms with Gasteiger partial charge < -0.3 is 19.7 Å². The van der Waals surface area contributed by atoms with Gasteiger partial charge in [0.05, 0.1) is 30.8 Å². The number of sulfonamides is 1. The minimum atomic E-state index is -4.11. The van der Waals surface area contributed by atoms with E-state index in [1.54, 1.807) is 12.1 Å². The second-order valence-electron chi connectivity index (χ2n) is 9.79. The van der Waals surface area contributed by atoms with Crippen molar-refractivity contribution >= 4 is 27.3 Å². The summed E-state index contributed by atoms with van der Waals surface area (Å²) in [7, 11) is -1.18. The molecule has 1 atom stereocenters. The number of rotatable bonds is 10. The van der Waals surface area contributed by atoms with E-state index in [-0.39, 0.29) is 23.2 Å². The van der Waals surface area contributed by atoms with Gasteiger partial charge in [-0.1, -0.05) is 29.8 Å². The monoisotopic (exact) mass is 551 g/mol. The van der Waals surface area contributed by atoms with E-state index in [0.29, 0.717) is 11.4 Å². The lowest BCUT2D eigenvalue weighted by atomic mass is 10.1. The van der Waals surface area contributed by atoms with Gasteiger partial charge in [-0.2, -0.15) is 0 Å². The molecule has 3 aromatic carbocycles. The highest BCUT2D eigenvalue weighted by Crippen LogP contribution is 2.32. The topological polar surface area (TPSA) is 88.2 Å². The zero-order valence-corrected chi connectivity index (χ0v) is 23.8. The van der Waals surface area contributed by atoms with Crippen molar-refractivity contribution in [1.82, 2.24) is 5.32 Å². The Morgan fingerprint density at radius 2 is 1.56 bits per heavy atom. The third-order valence-corrected chi connectivity index (χ3v) is 8.81. The SMILES string of the molecule is COc1ccc(S(=O)(=O)N(CC(=O)NC(C)c2ccc(N3CCCCC3)cc2)c2ccc(C)cc2)cc1OC. The van der Waals surface area contributed by atoms with Crippen LogP contribution in [0.25, 0.3) is 0 Å². The number of amides is 1. The summed E-state index contributed by atoms with van der Waals surface area (Å²) in [5.41, 5.74) is 3.51. The maximum atomic E-state index is 13.8. The van der Waals surface area contributed by atoms with Gasteiger partial charge in [0.25, 0.3) is 10.0 Å². The van der Waals surface area contributed by atoms with Gasteiger partial charge >= 0.3 is 0 Å². The van der Waals surface area contributed by atoms with Crippen LogP contribution in [0.4, 0.5) is 11.4 Å². The number of nitrogens with zero attached hydrogens (tertiary/aromatic N) is 2. The summed E-state index contributed by atoms with van der Waals surface area (Å²) >= 11 is 0. The van der Waals surface area contributed by atoms with Crippen molar-refractivity contribution < 1.29 is 22.7 Å². The maximum Gasteiger partial charge on any atom is 0.264 e. The number of ether oxygens (including phenoxy) is 2. The second-order valence-corrected chi connectivity index (χ2v) is 11.7. The number of benzene rings is 3. The summed E-state index contributed by atoms with van der Waals surface area (Å²) < 4.78 is 39.3. The van der Waals surface area contributed by atoms with E-state index in [1.807, 2.05) is 38.1 Å². The van der Waals surface area contributed by atoms with Crippen LogP contribution in [0.3, 0.4) is 0 Å². The molecule has 9 heteroatoms. The number of carbonyl (C=O) groups is 1. The third kappa shape index (κ3) is 6.65. The normalized spacial score (nSPS) is 14.4. The van der Waals surface area contributed by atoms with Crippen LogP contribution in [0, 0.1) is 6.92 Å². The molecule has 1 heterocycles. The van der Waals surface area contributed by atoms with Crippen molar-refractivity contribution in [3.8, 4) is 11.5 Å². The smallest absolute Gasteiger partial charge is 0.264 e. The Kier molecular flexibility index (Phi) is 9.01. The summed E-state index contributed by atoms with van der Waals surface area (Å²) in [5.74, 6) is 0.289. The van der Waals surface area contributed by atoms with E-state index < -0.39 is 15.9 Å². The zero-order chi connectivity index (χ0) is 28.0. The molecule has 1 fully saturated rings. The largest absolute Gasteiger partial charge is 0.493 e. The van der Waals surface area contributed by atoms with Crippen molar-refractivity contribution in [2.24, 2.45) is 0 Å². The van der Waals surface area contributed by atoms with Crippen molar-refractivity contribution in [1.29, 1.82) is 0 Å². The van der Waals surface area contributed by atoms with Crippen molar-refractivity contribution in [3.63, 3.8) is 0 Å². The fourth-order valence-electron chi connectivity index (χ4n) is 4.76. The molecule has 1 saturated heterocycles. The van der Waals surface area contributed by atoms with Gasteiger partial charge in [-0.3, -0.25) is 9.10 Å². The molecule has 0 radical (unpaired) electrons. The number of aryl methyl sites for hydroxylation is 1. The van der Waals surface area contributed by atoms with E-state index >= 15 is 0 Å². The summed E-state index contributed by atoms with van der Waals surface area (Å²) in [6.07, 6.45) is 3.69. The molecular weight excluding hydrogens is 514 g/mol. The van der Waals surface area contributed by atoms with Crippen LogP contribution in [0.5, 0.6) is 11.5 Å². The highest BCUT2D eigenvalue weighted by Gasteiger charge is 2.29. The first kappa shape index (κ1) is 28.3. The van der Waals surface area contributed by atoms with Gasteiger partial charge in [-0.25, -0.2) is 8.42 Å². The quantitative estimate of drug-likeness (QED) is 0.378. The first-order valence-electron chi connectivity index (χ1n) is 13.2. The fraction of sp³-hybridized carbons (Fsp3) is 0.367. The van der Waals surface area contributed by atoms with Gasteiger partial charge in [-0.05, 0) is 75.1 Å². The molecule has 4 rings (SSSR count). The number of nitrogens with one attached hydrogen (secondary N) is 1. The average Bonchev–Trinajstić information content (AvgIpc) is 2.96. The predicted octanol–water partition coefficient (Wildman–Crippen LogP) is 5.08. The number of hydrogen-bond acceptors (Lipinski definition) is 6. The lowest BCUT2D eigenvalue weighted by Gasteiger charge is -2.29. The molecule has 8 nitrogen and oxygen atoms in total. The van der Waals surface area contributed by atoms with Gasteiger partial charge in [0.2, 0.25) is 5.91 Å². The van der Waals surface area contributed by atoms with Crippen LogP contribution in [-0.4, -0.2) is 48.2 Å². The fourth-order valence-corrected chi connectivity index (χ4v) is 6.19. The number of methoxy groups -OCH3 is 2. The van der Waals surface area contributed by atoms with Crippen molar-refractivity contribution in [2.75, 3.05) is 43.1 Å². The number of hydrogen-bond donors (Lipinski definition) is 1. The van der Waals surface area contributed by atoms with Crippen LogP contribution in [-0.2, 0) is 14.8 Å². The average molecular weight is 552 g/mol. The van der Waals surface area contributed by atoms with Crippen LogP contribution >= 0.6 is 0 Å². The summed E-state index contributed by atoms with van der Waals surface area (Å²) in [4.78, 5) is 15.6. The Labute approximate surface area is 231 Å². The molecule has 39 heavy (non-hydrogen) atoms. The maximum absolute atomic E-state index is 13.8. The standard InChI is InChI=1S/C30H37N3O5S/c1-22-8-12-26(13-9-22)33(39(35,36)27-16-17-28(37-3)29(20-27)38-4)21-30(34)31-23(2)24-10-14-25(15-11-24)32-18-6-5-7-19-32/h8-17,20,23H,5-7,18-19,21H2,1-4H3,(H,31,34). The van der Waals surface area contributed by atoms with E-state index in [0.717, 1.165) is 28.5 Å². The van der Waals surface area contributed by atoms with Gasteiger partial charge in [0, 0.05) is 24.8 Å². The molecule has 0 aliphatic carbocycles. The van der Waals surface area contributed by atoms with Gasteiger partial charge in [-0.15, -0.1) is 0 Å². The first-order valence-corrected chi connectivity index (χ1v) is 14.6. The summed E-state index contributed by atoms with van der Waals surface area (Å²) in [5, 5.41) is 2.97. The van der Waals surface area contributed by atoms with Crippen LogP contribution in [0.2, 0.25) is 0 Å². The Morgan fingerprint density at radius 1 is 0.923 bits per heavy atom. The van der Waals surface area contributed by atoms with Gasteiger partial charge in [0.15, 0.2) is 11.5 Å². The lowest BCUT2D eigenvalue weighted by Crippen LogP contribution is -2.41. The molecule has 3 aromatic rings. The summed E-state index contributed by atoms with van der Waals surface area (Å²) in [6, 6.07) is 19.3. The third-order valence-electron chi connectivity index (χ3n) is 7.04. The van der Waals surface area contributed by atoms with Crippen LogP contribution < -0.4 is 24.0 Å². The Morgan fingerprint density at radius 3 is 2.18 bits per heavy atom. The minimum absolute atomic E-state index is 0.00475. The van der Waals surface area contributed by atoms with Crippen molar-refractivity contribution in [2.45, 2.75) is 44.0 Å². The van der Waals surface area contributed by atoms with Crippen molar-refractivity contribution in [3.05, 3.63) is 77.9 Å². The minimum Gasteiger partial charge on any atom is -0.493 e. The number of anilines is 2. The van der Waals surface area contributed by atoms with Crippen LogP contribution in [0.1, 0.15) is 43.4 Å². The molecular formula is C30H37N3O5S. The molecule has 0 spiro atoms. The predicted molar refractivity (Wildman–Crippen MR) is 154 cm³/mol. The molecule has 0 aromatic heterocycles. The van der Waals surface area contributed by atoms with E-state index in [9.17, 15) is 13.2 Å². The zero-order valence-electron chi connectivity index (χ0n) is 23.0. The molecule has 0 saturated carbocycles. The Bertz CT molecular complexity index is 1370. The summed E-state index contributed by atoms with van der Waals surface area (Å²) in [6.45, 7) is 5.56. The molecule has 1 unspecified atom stereocenters. The van der Waals surface area contributed by atoms with E-state index in [4.69, 9.17) is 9.47 Å². The Hall–Kier alpha value is -3.72. The molecule has 0 bridgehead atoms. The highest BCUT2D eigenvalue weighted by atomic mass is 32.2. The second kappa shape index (κ2) is 12.4. The molecule has 1 aliphatic heterocycles. The Balaban J connectivity index is 1.54. The molecule has 208 valence electrons. The number of piperidine rings is 1. The first-order chi connectivity index (χ1) is 18.7. The molecule has 1 aliphatic rings. The molecule has 1 amide bonds. The molecule has 1 N–H and O–H groups in total. The van der Waals surface area contributed by atoms with E-state index in [1.165, 1.54) is 57.4 Å². The number of carbonyl (C=O) groups excluding carboxylic acids is 1. The van der Waals surface area contributed by atoms with E-state index in [2.05, 4.69) is 22.3 Å². The lowest BCUT2D eigenvalue weighted by molar-refractivity contribution is -0.120. The van der Waals surface area contributed by atoms with Crippen LogP contribution in [0.15, 0.2) is 71.6 Å². The van der Waals surface area contributed by atoms with Gasteiger partial charge in [0.1, 0.15) is 6.54 Å².